The molecule has 0 spiro atoms. The Morgan fingerprint density at radius 3 is 2.82 bits per heavy atom. The molecule has 122 valence electrons. The molecule has 2 rings (SSSR count). The highest BCUT2D eigenvalue weighted by atomic mass is 16.5. The fourth-order valence-electron chi connectivity index (χ4n) is 2.62. The number of nitrogens with two attached hydrogens (primary N) is 1. The van der Waals surface area contributed by atoms with Gasteiger partial charge in [0.1, 0.15) is 0 Å². The molecule has 1 unspecified atom stereocenters. The van der Waals surface area contributed by atoms with Crippen LogP contribution in [0, 0.1) is 0 Å². The molecule has 1 aromatic carbocycles. The van der Waals surface area contributed by atoms with Gasteiger partial charge in [0, 0.05) is 24.7 Å². The van der Waals surface area contributed by atoms with Crippen LogP contribution in [0.3, 0.4) is 0 Å². The molecule has 0 bridgehead atoms. The van der Waals surface area contributed by atoms with Gasteiger partial charge in [-0.05, 0) is 44.4 Å². The van der Waals surface area contributed by atoms with E-state index in [2.05, 4.69) is 6.92 Å². The van der Waals surface area contributed by atoms with Crippen molar-refractivity contribution in [2.24, 2.45) is 5.73 Å². The molecule has 1 aliphatic heterocycles. The van der Waals surface area contributed by atoms with E-state index in [0.29, 0.717) is 36.8 Å². The topological polar surface area (TPSA) is 64.8 Å². The number of carbonyl (C=O) groups is 1. The summed E-state index contributed by atoms with van der Waals surface area (Å²) in [5.74, 6) is 1.33. The number of nitrogens with zero attached hydrogens (tertiary/aromatic N) is 1. The Morgan fingerprint density at radius 1 is 1.32 bits per heavy atom. The van der Waals surface area contributed by atoms with Crippen molar-refractivity contribution in [2.45, 2.75) is 39.2 Å². The third-order valence-electron chi connectivity index (χ3n) is 3.70. The molecule has 1 fully saturated rings. The van der Waals surface area contributed by atoms with Crippen LogP contribution in [0.25, 0.3) is 0 Å². The number of hydrogen-bond acceptors (Lipinski definition) is 4. The number of rotatable bonds is 6. The van der Waals surface area contributed by atoms with Crippen molar-refractivity contribution >= 4 is 5.91 Å². The number of carbonyl (C=O) groups excluding carboxylic acids is 1. The first-order valence-electron chi connectivity index (χ1n) is 8.10. The van der Waals surface area contributed by atoms with Crippen molar-refractivity contribution in [3.8, 4) is 11.5 Å². The summed E-state index contributed by atoms with van der Waals surface area (Å²) in [7, 11) is 0. The lowest BCUT2D eigenvalue weighted by Crippen LogP contribution is -2.45. The Kier molecular flexibility index (Phi) is 6.07. The highest BCUT2D eigenvalue weighted by Crippen LogP contribution is 2.29. The Labute approximate surface area is 132 Å². The second-order valence-electron chi connectivity index (χ2n) is 5.60. The standard InChI is InChI=1S/C17H26N2O3/c1-3-10-22-15-8-7-13(11-16(15)21-4-2)17(20)19-9-5-6-14(18)12-19/h7-8,11,14H,3-6,9-10,12,18H2,1-2H3. The van der Waals surface area contributed by atoms with Gasteiger partial charge in [-0.2, -0.15) is 0 Å². The predicted octanol–water partition coefficient (Wildman–Crippen LogP) is 2.44. The van der Waals surface area contributed by atoms with Crippen LogP contribution in [-0.4, -0.2) is 43.2 Å². The maximum Gasteiger partial charge on any atom is 0.254 e. The van der Waals surface area contributed by atoms with Crippen molar-refractivity contribution in [2.75, 3.05) is 26.3 Å². The van der Waals surface area contributed by atoms with E-state index in [1.165, 1.54) is 0 Å². The molecular formula is C17H26N2O3. The fraction of sp³-hybridized carbons (Fsp3) is 0.588. The van der Waals surface area contributed by atoms with Gasteiger partial charge in [-0.3, -0.25) is 4.79 Å². The van der Waals surface area contributed by atoms with Gasteiger partial charge in [0.05, 0.1) is 13.2 Å². The second-order valence-corrected chi connectivity index (χ2v) is 5.60. The van der Waals surface area contributed by atoms with Gasteiger partial charge in [-0.1, -0.05) is 6.92 Å². The first kappa shape index (κ1) is 16.6. The summed E-state index contributed by atoms with van der Waals surface area (Å²) < 4.78 is 11.3. The van der Waals surface area contributed by atoms with E-state index in [9.17, 15) is 4.79 Å². The van der Waals surface area contributed by atoms with Crippen molar-refractivity contribution in [3.63, 3.8) is 0 Å². The van der Waals surface area contributed by atoms with E-state index in [-0.39, 0.29) is 11.9 Å². The van der Waals surface area contributed by atoms with Gasteiger partial charge in [-0.15, -0.1) is 0 Å². The lowest BCUT2D eigenvalue weighted by atomic mass is 10.1. The number of hydrogen-bond donors (Lipinski definition) is 1. The summed E-state index contributed by atoms with van der Waals surface area (Å²) >= 11 is 0. The fourth-order valence-corrected chi connectivity index (χ4v) is 2.62. The van der Waals surface area contributed by atoms with Gasteiger partial charge in [-0.25, -0.2) is 0 Å². The summed E-state index contributed by atoms with van der Waals surface area (Å²) in [6, 6.07) is 5.47. The van der Waals surface area contributed by atoms with E-state index in [1.807, 2.05) is 17.9 Å². The molecule has 1 aliphatic rings. The molecule has 5 heteroatoms. The van der Waals surface area contributed by atoms with Crippen LogP contribution >= 0.6 is 0 Å². The maximum absolute atomic E-state index is 12.6. The molecule has 22 heavy (non-hydrogen) atoms. The van der Waals surface area contributed by atoms with Crippen LogP contribution in [0.1, 0.15) is 43.5 Å². The van der Waals surface area contributed by atoms with E-state index < -0.39 is 0 Å². The molecular weight excluding hydrogens is 280 g/mol. The Balaban J connectivity index is 2.16. The quantitative estimate of drug-likeness (QED) is 0.876. The highest BCUT2D eigenvalue weighted by Gasteiger charge is 2.23. The molecule has 0 radical (unpaired) electrons. The van der Waals surface area contributed by atoms with Crippen LogP contribution in [0.2, 0.25) is 0 Å². The van der Waals surface area contributed by atoms with Crippen molar-refractivity contribution in [3.05, 3.63) is 23.8 Å². The van der Waals surface area contributed by atoms with Crippen molar-refractivity contribution in [1.82, 2.24) is 4.90 Å². The van der Waals surface area contributed by atoms with Crippen LogP contribution in [0.5, 0.6) is 11.5 Å². The smallest absolute Gasteiger partial charge is 0.254 e. The molecule has 1 amide bonds. The van der Waals surface area contributed by atoms with Gasteiger partial charge < -0.3 is 20.1 Å². The first-order chi connectivity index (χ1) is 10.7. The van der Waals surface area contributed by atoms with E-state index in [4.69, 9.17) is 15.2 Å². The third-order valence-corrected chi connectivity index (χ3v) is 3.70. The van der Waals surface area contributed by atoms with E-state index in [0.717, 1.165) is 25.8 Å². The lowest BCUT2D eigenvalue weighted by molar-refractivity contribution is 0.0708. The zero-order chi connectivity index (χ0) is 15.9. The number of likely N-dealkylation sites (tertiary alicyclic amines) is 1. The summed E-state index contributed by atoms with van der Waals surface area (Å²) in [4.78, 5) is 14.4. The molecule has 1 aromatic rings. The zero-order valence-corrected chi connectivity index (χ0v) is 13.5. The minimum Gasteiger partial charge on any atom is -0.490 e. The van der Waals surface area contributed by atoms with Crippen LogP contribution in [0.4, 0.5) is 0 Å². The molecule has 1 atom stereocenters. The number of amides is 1. The van der Waals surface area contributed by atoms with Crippen molar-refractivity contribution in [1.29, 1.82) is 0 Å². The Bertz CT molecular complexity index is 505. The molecule has 1 saturated heterocycles. The summed E-state index contributed by atoms with van der Waals surface area (Å²) in [6.45, 7) is 6.53. The second kappa shape index (κ2) is 8.03. The van der Waals surface area contributed by atoms with Gasteiger partial charge in [0.15, 0.2) is 11.5 Å². The maximum atomic E-state index is 12.6. The minimum atomic E-state index is 0.0122. The van der Waals surface area contributed by atoms with E-state index in [1.54, 1.807) is 12.1 Å². The molecule has 1 heterocycles. The van der Waals surface area contributed by atoms with Gasteiger partial charge in [0.25, 0.3) is 5.91 Å². The van der Waals surface area contributed by atoms with Gasteiger partial charge >= 0.3 is 0 Å². The molecule has 0 saturated carbocycles. The van der Waals surface area contributed by atoms with E-state index >= 15 is 0 Å². The summed E-state index contributed by atoms with van der Waals surface area (Å²) in [5, 5.41) is 0. The SMILES string of the molecule is CCCOc1ccc(C(=O)N2CCCC(N)C2)cc1OCC. The monoisotopic (exact) mass is 306 g/mol. The minimum absolute atomic E-state index is 0.0122. The molecule has 0 aliphatic carbocycles. The van der Waals surface area contributed by atoms with Crippen LogP contribution in [-0.2, 0) is 0 Å². The normalized spacial score (nSPS) is 18.1. The average Bonchev–Trinajstić information content (AvgIpc) is 2.53. The van der Waals surface area contributed by atoms with Crippen molar-refractivity contribution < 1.29 is 14.3 Å². The number of piperidine rings is 1. The Morgan fingerprint density at radius 2 is 2.14 bits per heavy atom. The molecule has 5 nitrogen and oxygen atoms in total. The predicted molar refractivity (Wildman–Crippen MR) is 86.5 cm³/mol. The number of benzene rings is 1. The Hall–Kier alpha value is -1.75. The lowest BCUT2D eigenvalue weighted by Gasteiger charge is -2.31. The van der Waals surface area contributed by atoms with Gasteiger partial charge in [0.2, 0.25) is 0 Å². The summed E-state index contributed by atoms with van der Waals surface area (Å²) in [5.41, 5.74) is 6.59. The first-order valence-corrected chi connectivity index (χ1v) is 8.10. The third kappa shape index (κ3) is 4.13. The molecule has 2 N–H and O–H groups in total. The van der Waals surface area contributed by atoms with Crippen LogP contribution in [0.15, 0.2) is 18.2 Å². The number of ether oxygens (including phenoxy) is 2. The van der Waals surface area contributed by atoms with Crippen LogP contribution < -0.4 is 15.2 Å². The molecule has 0 aromatic heterocycles. The highest BCUT2D eigenvalue weighted by molar-refractivity contribution is 5.95. The average molecular weight is 306 g/mol. The summed E-state index contributed by atoms with van der Waals surface area (Å²) in [6.07, 6.45) is 2.87. The zero-order valence-electron chi connectivity index (χ0n) is 13.5. The largest absolute Gasteiger partial charge is 0.490 e.